The Morgan fingerprint density at radius 1 is 1.32 bits per heavy atom. The third-order valence-corrected chi connectivity index (χ3v) is 6.01. The third kappa shape index (κ3) is 2.85. The summed E-state index contributed by atoms with van der Waals surface area (Å²) in [5.74, 6) is 0.178. The number of hydrogen-bond acceptors (Lipinski definition) is 3. The lowest BCUT2D eigenvalue weighted by atomic mass is 9.93. The highest BCUT2D eigenvalue weighted by atomic mass is 16.5. The standard InChI is InChI=1S/C20H26N2O3/c1-12-13(2)21-17-7-6-14(10-16(12)17)20(24)22-8-9-25-11-18(22)15-4-3-5-19(15)23/h6-7,10,15,18-19,21,23H,3-5,8-9,11H2,1-2H3/t15-,18-,19-/m1/s1. The number of aromatic nitrogens is 1. The van der Waals surface area contributed by atoms with E-state index >= 15 is 0 Å². The lowest BCUT2D eigenvalue weighted by Crippen LogP contribution is -2.53. The predicted molar refractivity (Wildman–Crippen MR) is 96.8 cm³/mol. The molecule has 134 valence electrons. The molecule has 5 heteroatoms. The summed E-state index contributed by atoms with van der Waals surface area (Å²) in [5, 5.41) is 11.4. The Morgan fingerprint density at radius 2 is 2.16 bits per heavy atom. The molecule has 2 N–H and O–H groups in total. The monoisotopic (exact) mass is 342 g/mol. The number of aliphatic hydroxyl groups excluding tert-OH is 1. The predicted octanol–water partition coefficient (Wildman–Crippen LogP) is 2.79. The number of hydrogen-bond donors (Lipinski definition) is 2. The Kier molecular flexibility index (Phi) is 4.29. The minimum absolute atomic E-state index is 0.0245. The van der Waals surface area contributed by atoms with Crippen molar-refractivity contribution in [2.75, 3.05) is 19.8 Å². The first-order chi connectivity index (χ1) is 12.1. The number of nitrogens with zero attached hydrogens (tertiary/aromatic N) is 1. The first-order valence-electron chi connectivity index (χ1n) is 9.22. The number of rotatable bonds is 2. The molecule has 1 amide bonds. The second kappa shape index (κ2) is 6.46. The molecule has 3 atom stereocenters. The number of benzene rings is 1. The number of nitrogens with one attached hydrogen (secondary N) is 1. The van der Waals surface area contributed by atoms with Crippen molar-refractivity contribution in [1.82, 2.24) is 9.88 Å². The van der Waals surface area contributed by atoms with Crippen molar-refractivity contribution in [2.45, 2.75) is 45.3 Å². The second-order valence-corrected chi connectivity index (χ2v) is 7.44. The van der Waals surface area contributed by atoms with Crippen LogP contribution in [0, 0.1) is 19.8 Å². The lowest BCUT2D eigenvalue weighted by molar-refractivity contribution is -0.0383. The van der Waals surface area contributed by atoms with Crippen molar-refractivity contribution < 1.29 is 14.6 Å². The van der Waals surface area contributed by atoms with Gasteiger partial charge >= 0.3 is 0 Å². The number of aliphatic hydroxyl groups is 1. The quantitative estimate of drug-likeness (QED) is 0.882. The van der Waals surface area contributed by atoms with Crippen LogP contribution in [-0.2, 0) is 4.74 Å². The summed E-state index contributed by atoms with van der Waals surface area (Å²) >= 11 is 0. The Bertz CT molecular complexity index is 798. The number of fused-ring (bicyclic) bond motifs is 1. The Labute approximate surface area is 148 Å². The van der Waals surface area contributed by atoms with Gasteiger partial charge in [0.1, 0.15) is 0 Å². The van der Waals surface area contributed by atoms with Crippen molar-refractivity contribution in [1.29, 1.82) is 0 Å². The molecule has 1 saturated heterocycles. The molecule has 0 bridgehead atoms. The largest absolute Gasteiger partial charge is 0.393 e. The third-order valence-electron chi connectivity index (χ3n) is 6.01. The van der Waals surface area contributed by atoms with E-state index in [0.29, 0.717) is 25.3 Å². The highest BCUT2D eigenvalue weighted by Crippen LogP contribution is 2.33. The van der Waals surface area contributed by atoms with Gasteiger partial charge in [-0.2, -0.15) is 0 Å². The first kappa shape index (κ1) is 16.6. The molecule has 2 aromatic rings. The van der Waals surface area contributed by atoms with Gasteiger partial charge in [0.05, 0.1) is 25.4 Å². The van der Waals surface area contributed by atoms with E-state index < -0.39 is 0 Å². The van der Waals surface area contributed by atoms with Gasteiger partial charge in [-0.3, -0.25) is 4.79 Å². The molecular formula is C20H26N2O3. The molecule has 1 aliphatic heterocycles. The maximum atomic E-state index is 13.2. The van der Waals surface area contributed by atoms with E-state index in [0.717, 1.165) is 35.9 Å². The van der Waals surface area contributed by atoms with Gasteiger partial charge in [-0.25, -0.2) is 0 Å². The molecule has 0 radical (unpaired) electrons. The van der Waals surface area contributed by atoms with Gasteiger partial charge in [0.25, 0.3) is 5.91 Å². The van der Waals surface area contributed by atoms with Crippen LogP contribution in [0.15, 0.2) is 18.2 Å². The van der Waals surface area contributed by atoms with Crippen LogP contribution in [0.3, 0.4) is 0 Å². The first-order valence-corrected chi connectivity index (χ1v) is 9.22. The van der Waals surface area contributed by atoms with E-state index in [9.17, 15) is 9.90 Å². The summed E-state index contributed by atoms with van der Waals surface area (Å²) in [6.07, 6.45) is 2.50. The van der Waals surface area contributed by atoms with Crippen LogP contribution in [-0.4, -0.2) is 52.8 Å². The van der Waals surface area contributed by atoms with Crippen LogP contribution < -0.4 is 0 Å². The highest BCUT2D eigenvalue weighted by molar-refractivity contribution is 5.99. The van der Waals surface area contributed by atoms with Crippen LogP contribution in [0.1, 0.15) is 40.9 Å². The summed E-state index contributed by atoms with van der Waals surface area (Å²) in [5.41, 5.74) is 4.11. The Balaban J connectivity index is 1.65. The normalized spacial score (nSPS) is 27.2. The molecule has 0 unspecified atom stereocenters. The van der Waals surface area contributed by atoms with Crippen LogP contribution in [0.4, 0.5) is 0 Å². The maximum Gasteiger partial charge on any atom is 0.254 e. The van der Waals surface area contributed by atoms with E-state index in [1.54, 1.807) is 0 Å². The van der Waals surface area contributed by atoms with Gasteiger partial charge in [0, 0.05) is 34.6 Å². The van der Waals surface area contributed by atoms with Crippen molar-refractivity contribution in [3.8, 4) is 0 Å². The van der Waals surface area contributed by atoms with Crippen molar-refractivity contribution >= 4 is 16.8 Å². The Hall–Kier alpha value is -1.85. The van der Waals surface area contributed by atoms with E-state index in [-0.39, 0.29) is 24.0 Å². The minimum Gasteiger partial charge on any atom is -0.393 e. The number of morpholine rings is 1. The van der Waals surface area contributed by atoms with Crippen molar-refractivity contribution in [2.24, 2.45) is 5.92 Å². The van der Waals surface area contributed by atoms with E-state index in [1.165, 1.54) is 5.56 Å². The zero-order chi connectivity index (χ0) is 17.6. The van der Waals surface area contributed by atoms with E-state index in [2.05, 4.69) is 18.8 Å². The number of aromatic amines is 1. The fourth-order valence-corrected chi connectivity index (χ4v) is 4.41. The number of carbonyl (C=O) groups excluding carboxylic acids is 1. The van der Waals surface area contributed by atoms with Gasteiger partial charge in [-0.15, -0.1) is 0 Å². The van der Waals surface area contributed by atoms with Gasteiger partial charge in [-0.1, -0.05) is 6.42 Å². The summed E-state index contributed by atoms with van der Waals surface area (Å²) in [6, 6.07) is 5.86. The van der Waals surface area contributed by atoms with Gasteiger partial charge in [-0.05, 0) is 50.5 Å². The fraction of sp³-hybridized carbons (Fsp3) is 0.550. The molecule has 2 heterocycles. The molecule has 5 nitrogen and oxygen atoms in total. The topological polar surface area (TPSA) is 65.6 Å². The van der Waals surface area contributed by atoms with Crippen LogP contribution in [0.25, 0.3) is 10.9 Å². The average Bonchev–Trinajstić information content (AvgIpc) is 3.17. The summed E-state index contributed by atoms with van der Waals surface area (Å²) in [7, 11) is 0. The SMILES string of the molecule is Cc1[nH]c2ccc(C(=O)N3CCOC[C@@H]3[C@H]3CCC[C@H]3O)cc2c1C. The zero-order valence-corrected chi connectivity index (χ0v) is 14.9. The van der Waals surface area contributed by atoms with Gasteiger partial charge in [0.15, 0.2) is 0 Å². The van der Waals surface area contributed by atoms with Crippen molar-refractivity contribution in [3.05, 3.63) is 35.0 Å². The fourth-order valence-electron chi connectivity index (χ4n) is 4.41. The van der Waals surface area contributed by atoms with Crippen LogP contribution >= 0.6 is 0 Å². The van der Waals surface area contributed by atoms with Crippen LogP contribution in [0.2, 0.25) is 0 Å². The van der Waals surface area contributed by atoms with Gasteiger partial charge in [0.2, 0.25) is 0 Å². The highest BCUT2D eigenvalue weighted by Gasteiger charge is 2.39. The Morgan fingerprint density at radius 3 is 2.92 bits per heavy atom. The summed E-state index contributed by atoms with van der Waals surface area (Å²) in [6.45, 7) is 5.81. The molecule has 1 aliphatic carbocycles. The zero-order valence-electron chi connectivity index (χ0n) is 14.9. The number of H-pyrrole nitrogens is 1. The van der Waals surface area contributed by atoms with E-state index in [4.69, 9.17) is 4.74 Å². The molecular weight excluding hydrogens is 316 g/mol. The van der Waals surface area contributed by atoms with Crippen LogP contribution in [0.5, 0.6) is 0 Å². The molecule has 1 saturated carbocycles. The molecule has 1 aromatic carbocycles. The van der Waals surface area contributed by atoms with Crippen molar-refractivity contribution in [3.63, 3.8) is 0 Å². The molecule has 2 fully saturated rings. The van der Waals surface area contributed by atoms with E-state index in [1.807, 2.05) is 23.1 Å². The molecule has 25 heavy (non-hydrogen) atoms. The minimum atomic E-state index is -0.320. The number of amides is 1. The number of ether oxygens (including phenoxy) is 1. The number of carbonyl (C=O) groups is 1. The second-order valence-electron chi connectivity index (χ2n) is 7.44. The molecule has 2 aliphatic rings. The van der Waals surface area contributed by atoms with Gasteiger partial charge < -0.3 is 19.7 Å². The molecule has 1 aromatic heterocycles. The average molecular weight is 342 g/mol. The maximum absolute atomic E-state index is 13.2. The summed E-state index contributed by atoms with van der Waals surface area (Å²) in [4.78, 5) is 18.5. The summed E-state index contributed by atoms with van der Waals surface area (Å²) < 4.78 is 5.64. The molecule has 4 rings (SSSR count). The smallest absolute Gasteiger partial charge is 0.254 e. The number of aryl methyl sites for hydroxylation is 2. The molecule has 0 spiro atoms. The lowest BCUT2D eigenvalue weighted by Gasteiger charge is -2.40.